The van der Waals surface area contributed by atoms with E-state index in [2.05, 4.69) is 362 Å². The molecule has 0 aliphatic carbocycles. The number of hydrogen-bond acceptors (Lipinski definition) is 1. The van der Waals surface area contributed by atoms with E-state index in [0.717, 1.165) is 22.4 Å². The highest BCUT2D eigenvalue weighted by Crippen LogP contribution is 2.30. The second-order valence-corrected chi connectivity index (χ2v) is 25.5. The molecule has 0 fully saturated rings. The standard InChI is InChI=1S/3C22H24N.C21H23N2/c3*1-16(2)18-9-11-19(12-10-18)20-13-14-22(23(4)15-20)21-8-6-5-7-17(21)3;1-15(2)17-9-11-20(22-13-17)18-10-12-21(23(4)14-18)19-8-6-5-7-16(19)3/h3*5-16H,1-4H3;5-15H,1-4H3/q4*+1/i2*16D;;. The fraction of sp³-hybridized carbons (Fsp3) is 0.230. The van der Waals surface area contributed by atoms with Gasteiger partial charge < -0.3 is 0 Å². The second kappa shape index (κ2) is 30.9. The zero-order valence-corrected chi connectivity index (χ0v) is 57.2. The van der Waals surface area contributed by atoms with Crippen LogP contribution >= 0.6 is 0 Å². The van der Waals surface area contributed by atoms with E-state index in [0.29, 0.717) is 11.8 Å². The minimum Gasteiger partial charge on any atom is -0.256 e. The number of nitrogens with zero attached hydrogens (tertiary/aromatic N) is 5. The molecule has 0 aliphatic rings. The maximum absolute atomic E-state index is 8.12. The van der Waals surface area contributed by atoms with E-state index in [1.807, 2.05) is 33.9 Å². The van der Waals surface area contributed by atoms with Gasteiger partial charge in [-0.05, 0) is 167 Å². The van der Waals surface area contributed by atoms with Gasteiger partial charge in [0, 0.05) is 72.1 Å². The zero-order valence-electron chi connectivity index (χ0n) is 59.2. The van der Waals surface area contributed by atoms with Crippen LogP contribution in [0.4, 0.5) is 0 Å². The summed E-state index contributed by atoms with van der Waals surface area (Å²) in [5, 5.41) is 0. The van der Waals surface area contributed by atoms with Gasteiger partial charge in [0.25, 0.3) is 0 Å². The smallest absolute Gasteiger partial charge is 0.212 e. The molecular formula is C87H95N5+4. The predicted molar refractivity (Wildman–Crippen MR) is 387 cm³/mol. The van der Waals surface area contributed by atoms with Crippen molar-refractivity contribution in [2.24, 2.45) is 28.2 Å². The van der Waals surface area contributed by atoms with Crippen molar-refractivity contribution in [1.29, 1.82) is 0 Å². The molecule has 5 heteroatoms. The first-order valence-corrected chi connectivity index (χ1v) is 32.4. The largest absolute Gasteiger partial charge is 0.256 e. The number of rotatable bonds is 12. The normalized spacial score (nSPS) is 11.5. The van der Waals surface area contributed by atoms with Crippen molar-refractivity contribution in [3.8, 4) is 89.7 Å². The monoisotopic (exact) mass is 1210 g/mol. The zero-order chi connectivity index (χ0) is 67.4. The third kappa shape index (κ3) is 16.6. The van der Waals surface area contributed by atoms with Crippen molar-refractivity contribution >= 4 is 0 Å². The van der Waals surface area contributed by atoms with Crippen LogP contribution in [0.5, 0.6) is 0 Å². The summed E-state index contributed by atoms with van der Waals surface area (Å²) < 4.78 is 25.0. The van der Waals surface area contributed by atoms with E-state index < -0.39 is 11.8 Å². The van der Waals surface area contributed by atoms with Crippen LogP contribution in [-0.4, -0.2) is 4.98 Å². The quantitative estimate of drug-likeness (QED) is 0.112. The molecule has 12 aromatic rings. The molecule has 0 N–H and O–H groups in total. The Labute approximate surface area is 553 Å². The molecule has 0 aliphatic heterocycles. The van der Waals surface area contributed by atoms with E-state index in [1.54, 1.807) is 0 Å². The van der Waals surface area contributed by atoms with Gasteiger partial charge in [-0.1, -0.05) is 207 Å². The Kier molecular flexibility index (Phi) is 21.4. The Morgan fingerprint density at radius 3 is 0.772 bits per heavy atom. The summed E-state index contributed by atoms with van der Waals surface area (Å²) in [7, 11) is 8.39. The number of benzene rings is 7. The van der Waals surface area contributed by atoms with Gasteiger partial charge >= 0.3 is 0 Å². The molecule has 0 atom stereocenters. The minimum absolute atomic E-state index is 0.510. The Morgan fingerprint density at radius 1 is 0.272 bits per heavy atom. The summed E-state index contributed by atoms with van der Waals surface area (Å²) in [5.41, 5.74) is 29.2. The fourth-order valence-corrected chi connectivity index (χ4v) is 11.6. The molecule has 0 saturated carbocycles. The van der Waals surface area contributed by atoms with Crippen LogP contribution in [0.15, 0.2) is 262 Å². The van der Waals surface area contributed by atoms with Crippen molar-refractivity contribution in [3.63, 3.8) is 0 Å². The lowest BCUT2D eigenvalue weighted by Gasteiger charge is -2.08. The molecule has 0 bridgehead atoms. The molecule has 0 spiro atoms. The first kappa shape index (κ1) is 63.8. The molecule has 0 radical (unpaired) electrons. The predicted octanol–water partition coefficient (Wildman–Crippen LogP) is 20.5. The average Bonchev–Trinajstić information content (AvgIpc) is 0.840. The fourth-order valence-electron chi connectivity index (χ4n) is 11.6. The first-order valence-electron chi connectivity index (χ1n) is 33.4. The van der Waals surface area contributed by atoms with Gasteiger partial charge in [0.1, 0.15) is 28.2 Å². The van der Waals surface area contributed by atoms with E-state index in [1.165, 1.54) is 112 Å². The summed E-state index contributed by atoms with van der Waals surface area (Å²) in [6.07, 6.45) is 10.7. The van der Waals surface area contributed by atoms with Gasteiger partial charge in [-0.2, -0.15) is 0 Å². The molecule has 5 heterocycles. The lowest BCUT2D eigenvalue weighted by atomic mass is 9.98. The van der Waals surface area contributed by atoms with Crippen molar-refractivity contribution in [3.05, 3.63) is 306 Å². The van der Waals surface area contributed by atoms with Crippen molar-refractivity contribution in [1.82, 2.24) is 4.98 Å². The lowest BCUT2D eigenvalue weighted by Crippen LogP contribution is -2.30. The van der Waals surface area contributed by atoms with Gasteiger partial charge in [-0.3, -0.25) is 4.98 Å². The van der Waals surface area contributed by atoms with Crippen LogP contribution in [0.3, 0.4) is 0 Å². The number of aryl methyl sites for hydroxylation is 8. The van der Waals surface area contributed by atoms with Gasteiger partial charge in [-0.25, -0.2) is 18.3 Å². The molecule has 0 saturated heterocycles. The van der Waals surface area contributed by atoms with E-state index in [-0.39, 0.29) is 0 Å². The van der Waals surface area contributed by atoms with Crippen LogP contribution in [0.1, 0.15) is 126 Å². The van der Waals surface area contributed by atoms with Crippen LogP contribution in [-0.2, 0) is 28.2 Å². The summed E-state index contributed by atoms with van der Waals surface area (Å²) in [5.74, 6) is -0.0323. The second-order valence-electron chi connectivity index (χ2n) is 25.5. The SMILES string of the molecule is Cc1ccccc1-c1ccc(-c2ccc(C(C)C)cc2)c[n+]1C.Cc1ccccc1-c1ccc(-c2ccc(C(C)C)cn2)c[n+]1C.[2H]C(C)(C)c1ccc(-c2ccc(-c3ccccc3C)[n+](C)c2)cc1.[2H]C(C)(C)c1ccc(-c2ccc(-c3ccccc3C)[n+](C)c2)cc1. The number of pyridine rings is 5. The Hall–Kier alpha value is -9.71. The first-order chi connectivity index (χ1) is 44.8. The summed E-state index contributed by atoms with van der Waals surface area (Å²) in [6.45, 7) is 25.1. The topological polar surface area (TPSA) is 28.4 Å². The van der Waals surface area contributed by atoms with Crippen LogP contribution in [0.25, 0.3) is 89.7 Å². The molecule has 464 valence electrons. The van der Waals surface area contributed by atoms with Crippen LogP contribution in [0.2, 0.25) is 0 Å². The molecule has 5 aromatic heterocycles. The van der Waals surface area contributed by atoms with Crippen LogP contribution < -0.4 is 18.3 Å². The molecule has 5 nitrogen and oxygen atoms in total. The van der Waals surface area contributed by atoms with E-state index >= 15 is 0 Å². The molecular weight excluding hydrogens is 1110 g/mol. The maximum atomic E-state index is 8.12. The molecule has 92 heavy (non-hydrogen) atoms. The Bertz CT molecular complexity index is 4220. The highest BCUT2D eigenvalue weighted by atomic mass is 14.9. The summed E-state index contributed by atoms with van der Waals surface area (Å²) >= 11 is 0. The highest BCUT2D eigenvalue weighted by Gasteiger charge is 2.18. The maximum Gasteiger partial charge on any atom is 0.212 e. The molecule has 7 aromatic carbocycles. The van der Waals surface area contributed by atoms with Gasteiger partial charge in [0.05, 0.1) is 11.3 Å². The number of hydrogen-bond donors (Lipinski definition) is 0. The molecule has 0 unspecified atom stereocenters. The van der Waals surface area contributed by atoms with E-state index in [9.17, 15) is 0 Å². The molecule has 12 rings (SSSR count). The minimum atomic E-state index is -0.558. The Balaban J connectivity index is 0.000000148. The van der Waals surface area contributed by atoms with E-state index in [4.69, 9.17) is 2.74 Å². The third-order valence-corrected chi connectivity index (χ3v) is 17.5. The lowest BCUT2D eigenvalue weighted by molar-refractivity contribution is -0.660. The van der Waals surface area contributed by atoms with Gasteiger partial charge in [0.2, 0.25) is 22.8 Å². The van der Waals surface area contributed by atoms with Crippen molar-refractivity contribution in [2.75, 3.05) is 0 Å². The van der Waals surface area contributed by atoms with Gasteiger partial charge in [0.15, 0.2) is 24.8 Å². The van der Waals surface area contributed by atoms with Crippen LogP contribution in [0, 0.1) is 27.7 Å². The number of aromatic nitrogens is 5. The molecule has 0 amide bonds. The highest BCUT2D eigenvalue weighted by molar-refractivity contribution is 5.70. The summed E-state index contributed by atoms with van der Waals surface area (Å²) in [4.78, 5) is 4.62. The van der Waals surface area contributed by atoms with Crippen molar-refractivity contribution < 1.29 is 21.0 Å². The average molecular weight is 1210 g/mol. The third-order valence-electron chi connectivity index (χ3n) is 17.5. The Morgan fingerprint density at radius 2 is 0.522 bits per heavy atom. The summed E-state index contributed by atoms with van der Waals surface area (Å²) in [6, 6.07) is 81.2. The van der Waals surface area contributed by atoms with Gasteiger partial charge in [-0.15, -0.1) is 0 Å². The van der Waals surface area contributed by atoms with Crippen molar-refractivity contribution in [2.45, 2.75) is 107 Å².